The molecule has 0 radical (unpaired) electrons. The molecule has 17 heavy (non-hydrogen) atoms. The highest BCUT2D eigenvalue weighted by Gasteiger charge is 2.17. The Kier molecular flexibility index (Phi) is 5.44. The van der Waals surface area contributed by atoms with E-state index in [1.165, 1.54) is 11.3 Å². The van der Waals surface area contributed by atoms with Gasteiger partial charge in [0.25, 0.3) is 0 Å². The molecule has 0 aliphatic heterocycles. The number of nitrogens with one attached hydrogen (secondary N) is 1. The summed E-state index contributed by atoms with van der Waals surface area (Å²) in [5, 5.41) is 4.12. The molecule has 0 amide bonds. The first kappa shape index (κ1) is 14.0. The van der Waals surface area contributed by atoms with Crippen LogP contribution in [0.5, 0.6) is 0 Å². The molecule has 0 aliphatic rings. The van der Waals surface area contributed by atoms with Gasteiger partial charge in [0, 0.05) is 19.1 Å². The molecule has 96 valence electrons. The molecule has 0 unspecified atom stereocenters. The normalized spacial score (nSPS) is 10.8. The van der Waals surface area contributed by atoms with Crippen LogP contribution >= 0.6 is 11.3 Å². The van der Waals surface area contributed by atoms with Crippen molar-refractivity contribution in [3.8, 4) is 0 Å². The largest absolute Gasteiger partial charge is 0.397 e. The van der Waals surface area contributed by atoms with Crippen molar-refractivity contribution in [2.24, 2.45) is 5.92 Å². The zero-order valence-electron chi connectivity index (χ0n) is 10.6. The van der Waals surface area contributed by atoms with E-state index in [-0.39, 0.29) is 11.7 Å². The highest BCUT2D eigenvalue weighted by atomic mass is 32.1. The Morgan fingerprint density at radius 3 is 2.88 bits per heavy atom. The first-order valence-electron chi connectivity index (χ1n) is 5.81. The molecule has 0 spiro atoms. The third-order valence-electron chi connectivity index (χ3n) is 2.26. The Bertz CT molecular complexity index is 375. The Balaban J connectivity index is 2.59. The van der Waals surface area contributed by atoms with Crippen molar-refractivity contribution in [1.29, 1.82) is 0 Å². The number of carbonyl (C=O) groups is 1. The quantitative estimate of drug-likeness (QED) is 0.581. The number of thiophene rings is 1. The molecule has 1 aromatic rings. The first-order valence-corrected chi connectivity index (χ1v) is 6.63. The number of ketones is 1. The summed E-state index contributed by atoms with van der Waals surface area (Å²) in [6.07, 6.45) is 0. The van der Waals surface area contributed by atoms with Gasteiger partial charge in [0.2, 0.25) is 0 Å². The van der Waals surface area contributed by atoms with Crippen molar-refractivity contribution < 1.29 is 9.53 Å². The number of nitrogen functional groups attached to an aromatic ring is 1. The number of anilines is 2. The zero-order valence-corrected chi connectivity index (χ0v) is 11.4. The van der Waals surface area contributed by atoms with Crippen LogP contribution in [-0.2, 0) is 4.74 Å². The second-order valence-electron chi connectivity index (χ2n) is 4.04. The van der Waals surface area contributed by atoms with Crippen LogP contribution in [0.3, 0.4) is 0 Å². The van der Waals surface area contributed by atoms with Crippen molar-refractivity contribution in [3.05, 3.63) is 10.9 Å². The van der Waals surface area contributed by atoms with Crippen LogP contribution in [0.2, 0.25) is 0 Å². The lowest BCUT2D eigenvalue weighted by atomic mass is 10.1. The van der Waals surface area contributed by atoms with Gasteiger partial charge >= 0.3 is 0 Å². The van der Waals surface area contributed by atoms with Gasteiger partial charge in [0.1, 0.15) is 0 Å². The summed E-state index contributed by atoms with van der Waals surface area (Å²) >= 11 is 1.41. The van der Waals surface area contributed by atoms with E-state index in [4.69, 9.17) is 10.5 Å². The number of ether oxygens (including phenoxy) is 1. The minimum Gasteiger partial charge on any atom is -0.397 e. The van der Waals surface area contributed by atoms with Gasteiger partial charge in [-0.2, -0.15) is 0 Å². The lowest BCUT2D eigenvalue weighted by Crippen LogP contribution is -2.08. The van der Waals surface area contributed by atoms with Crippen molar-refractivity contribution in [3.63, 3.8) is 0 Å². The van der Waals surface area contributed by atoms with Crippen LogP contribution < -0.4 is 11.1 Å². The average molecular weight is 256 g/mol. The van der Waals surface area contributed by atoms with Gasteiger partial charge in [-0.05, 0) is 13.0 Å². The van der Waals surface area contributed by atoms with Crippen LogP contribution in [0.25, 0.3) is 0 Å². The minimum absolute atomic E-state index is 0.0211. The van der Waals surface area contributed by atoms with Gasteiger partial charge < -0.3 is 15.8 Å². The molecule has 0 fully saturated rings. The molecule has 0 bridgehead atoms. The summed E-state index contributed by atoms with van der Waals surface area (Å²) in [5.74, 6) is 0.0811. The third kappa shape index (κ3) is 4.02. The van der Waals surface area contributed by atoms with E-state index in [1.807, 2.05) is 26.8 Å². The monoisotopic (exact) mass is 256 g/mol. The number of nitrogens with two attached hydrogens (primary N) is 1. The number of Topliss-reactive ketones (excluding diaryl/α,β-unsaturated/α-hetero) is 1. The van der Waals surface area contributed by atoms with Gasteiger partial charge in [0.15, 0.2) is 5.78 Å². The van der Waals surface area contributed by atoms with Crippen molar-refractivity contribution in [2.75, 3.05) is 30.8 Å². The lowest BCUT2D eigenvalue weighted by Gasteiger charge is -2.03. The van der Waals surface area contributed by atoms with Crippen LogP contribution in [0, 0.1) is 5.92 Å². The van der Waals surface area contributed by atoms with E-state index in [9.17, 15) is 4.79 Å². The van der Waals surface area contributed by atoms with E-state index >= 15 is 0 Å². The van der Waals surface area contributed by atoms with E-state index in [0.717, 1.165) is 11.5 Å². The number of hydrogen-bond acceptors (Lipinski definition) is 5. The molecular weight excluding hydrogens is 236 g/mol. The summed E-state index contributed by atoms with van der Waals surface area (Å²) < 4.78 is 5.22. The molecule has 3 N–H and O–H groups in total. The summed E-state index contributed by atoms with van der Waals surface area (Å²) in [5.41, 5.74) is 6.39. The predicted octanol–water partition coefficient (Wildman–Crippen LogP) is 2.62. The Hall–Kier alpha value is -1.07. The third-order valence-corrected chi connectivity index (χ3v) is 3.38. The average Bonchev–Trinajstić information content (AvgIpc) is 2.65. The molecule has 5 heteroatoms. The van der Waals surface area contributed by atoms with E-state index in [1.54, 1.807) is 0 Å². The lowest BCUT2D eigenvalue weighted by molar-refractivity contribution is 0.0944. The van der Waals surface area contributed by atoms with E-state index in [0.29, 0.717) is 23.8 Å². The number of carbonyl (C=O) groups excluding carboxylic acids is 1. The van der Waals surface area contributed by atoms with Gasteiger partial charge in [-0.1, -0.05) is 13.8 Å². The van der Waals surface area contributed by atoms with Gasteiger partial charge in [-0.3, -0.25) is 4.79 Å². The fourth-order valence-corrected chi connectivity index (χ4v) is 2.43. The van der Waals surface area contributed by atoms with Crippen LogP contribution in [-0.4, -0.2) is 25.5 Å². The van der Waals surface area contributed by atoms with Crippen LogP contribution in [0.4, 0.5) is 10.7 Å². The molecule has 1 rings (SSSR count). The highest BCUT2D eigenvalue weighted by Crippen LogP contribution is 2.30. The maximum absolute atomic E-state index is 11.8. The van der Waals surface area contributed by atoms with Crippen molar-refractivity contribution >= 4 is 27.8 Å². The maximum atomic E-state index is 11.8. The Morgan fingerprint density at radius 2 is 2.29 bits per heavy atom. The summed E-state index contributed by atoms with van der Waals surface area (Å²) in [6.45, 7) is 7.81. The molecule has 0 saturated carbocycles. The molecule has 1 heterocycles. The second-order valence-corrected chi connectivity index (χ2v) is 5.09. The summed E-state index contributed by atoms with van der Waals surface area (Å²) in [6, 6.07) is 1.81. The van der Waals surface area contributed by atoms with Gasteiger partial charge in [-0.15, -0.1) is 11.3 Å². The van der Waals surface area contributed by atoms with Crippen LogP contribution in [0.15, 0.2) is 6.07 Å². The molecule has 0 atom stereocenters. The first-order chi connectivity index (χ1) is 8.06. The SMILES string of the molecule is CCOCCNc1cc(N)c(C(=O)C(C)C)s1. The van der Waals surface area contributed by atoms with Crippen molar-refractivity contribution in [1.82, 2.24) is 0 Å². The second kappa shape index (κ2) is 6.61. The smallest absolute Gasteiger partial charge is 0.177 e. The van der Waals surface area contributed by atoms with Crippen molar-refractivity contribution in [2.45, 2.75) is 20.8 Å². The zero-order chi connectivity index (χ0) is 12.8. The minimum atomic E-state index is -0.0211. The van der Waals surface area contributed by atoms with E-state index < -0.39 is 0 Å². The Labute approximate surface area is 106 Å². The maximum Gasteiger partial charge on any atom is 0.177 e. The molecule has 0 aliphatic carbocycles. The summed E-state index contributed by atoms with van der Waals surface area (Å²) in [7, 11) is 0. The van der Waals surface area contributed by atoms with E-state index in [2.05, 4.69) is 5.32 Å². The molecule has 1 aromatic heterocycles. The molecule has 0 aromatic carbocycles. The topological polar surface area (TPSA) is 64.3 Å². The molecule has 0 saturated heterocycles. The van der Waals surface area contributed by atoms with Gasteiger partial charge in [0.05, 0.1) is 22.2 Å². The molecule has 4 nitrogen and oxygen atoms in total. The fraction of sp³-hybridized carbons (Fsp3) is 0.583. The Morgan fingerprint density at radius 1 is 1.59 bits per heavy atom. The number of hydrogen-bond donors (Lipinski definition) is 2. The van der Waals surface area contributed by atoms with Crippen LogP contribution in [0.1, 0.15) is 30.4 Å². The fourth-order valence-electron chi connectivity index (χ4n) is 1.34. The number of rotatable bonds is 7. The highest BCUT2D eigenvalue weighted by molar-refractivity contribution is 7.18. The van der Waals surface area contributed by atoms with Gasteiger partial charge in [-0.25, -0.2) is 0 Å². The summed E-state index contributed by atoms with van der Waals surface area (Å²) in [4.78, 5) is 12.5. The predicted molar refractivity (Wildman–Crippen MR) is 72.9 cm³/mol. The molecular formula is C12H20N2O2S. The standard InChI is InChI=1S/C12H20N2O2S/c1-4-16-6-5-14-10-7-9(13)12(17-10)11(15)8(2)3/h7-8,14H,4-6,13H2,1-3H3.